The van der Waals surface area contributed by atoms with Gasteiger partial charge in [-0.1, -0.05) is 6.92 Å². The lowest BCUT2D eigenvalue weighted by molar-refractivity contribution is -0.00922. The van der Waals surface area contributed by atoms with Gasteiger partial charge in [0.1, 0.15) is 5.60 Å². The molecule has 1 heterocycles. The molecule has 18 heavy (non-hydrogen) atoms. The van der Waals surface area contributed by atoms with Gasteiger partial charge in [-0.2, -0.15) is 0 Å². The summed E-state index contributed by atoms with van der Waals surface area (Å²) in [5.41, 5.74) is 0.475. The number of hydrogen-bond acceptors (Lipinski definition) is 5. The van der Waals surface area contributed by atoms with Crippen molar-refractivity contribution in [3.05, 3.63) is 23.3 Å². The first-order chi connectivity index (χ1) is 8.48. The highest BCUT2D eigenvalue weighted by molar-refractivity contribution is 5.90. The second-order valence-corrected chi connectivity index (χ2v) is 4.20. The largest absolute Gasteiger partial charge is 0.462 e. The van der Waals surface area contributed by atoms with Crippen LogP contribution in [0.1, 0.15) is 49.1 Å². The molecule has 0 aliphatic carbocycles. The lowest BCUT2D eigenvalue weighted by Crippen LogP contribution is -2.27. The molecule has 0 spiro atoms. The fourth-order valence-electron chi connectivity index (χ4n) is 1.52. The molecule has 0 aliphatic rings. The molecule has 0 radical (unpaired) electrons. The smallest absolute Gasteiger partial charge is 0.341 e. The van der Waals surface area contributed by atoms with E-state index in [2.05, 4.69) is 9.97 Å². The van der Waals surface area contributed by atoms with E-state index in [9.17, 15) is 4.79 Å². The van der Waals surface area contributed by atoms with Crippen LogP contribution >= 0.6 is 0 Å². The molecule has 0 saturated carbocycles. The van der Waals surface area contributed by atoms with Gasteiger partial charge in [0.15, 0.2) is 5.82 Å². The van der Waals surface area contributed by atoms with E-state index in [1.54, 1.807) is 21.0 Å². The van der Waals surface area contributed by atoms with Crippen LogP contribution in [-0.2, 0) is 15.1 Å². The van der Waals surface area contributed by atoms with E-state index in [4.69, 9.17) is 9.47 Å². The van der Waals surface area contributed by atoms with Gasteiger partial charge in [-0.25, -0.2) is 14.8 Å². The first kappa shape index (κ1) is 14.6. The number of esters is 1. The first-order valence-corrected chi connectivity index (χ1v) is 6.04. The Balaban J connectivity index is 3.09. The van der Waals surface area contributed by atoms with E-state index in [0.717, 1.165) is 6.42 Å². The van der Waals surface area contributed by atoms with Gasteiger partial charge in [0.25, 0.3) is 0 Å². The summed E-state index contributed by atoms with van der Waals surface area (Å²) in [6.07, 6.45) is 2.25. The Morgan fingerprint density at radius 2 is 2.11 bits per heavy atom. The van der Waals surface area contributed by atoms with Gasteiger partial charge in [-0.05, 0) is 27.2 Å². The van der Waals surface area contributed by atoms with Gasteiger partial charge >= 0.3 is 5.97 Å². The van der Waals surface area contributed by atoms with Crippen molar-refractivity contribution in [2.24, 2.45) is 0 Å². The molecular formula is C13H20N2O3. The monoisotopic (exact) mass is 252 g/mol. The van der Waals surface area contributed by atoms with E-state index in [1.807, 2.05) is 13.8 Å². The topological polar surface area (TPSA) is 61.3 Å². The van der Waals surface area contributed by atoms with Gasteiger partial charge in [0.2, 0.25) is 0 Å². The highest BCUT2D eigenvalue weighted by atomic mass is 16.5. The lowest BCUT2D eigenvalue weighted by atomic mass is 10.0. The van der Waals surface area contributed by atoms with Crippen LogP contribution in [0, 0.1) is 6.92 Å². The molecule has 0 bridgehead atoms. The van der Waals surface area contributed by atoms with Gasteiger partial charge in [-0.3, -0.25) is 0 Å². The zero-order valence-corrected chi connectivity index (χ0v) is 11.6. The fourth-order valence-corrected chi connectivity index (χ4v) is 1.52. The number of rotatable bonds is 5. The highest BCUT2D eigenvalue weighted by Crippen LogP contribution is 2.25. The average molecular weight is 252 g/mol. The highest BCUT2D eigenvalue weighted by Gasteiger charge is 2.28. The van der Waals surface area contributed by atoms with Crippen molar-refractivity contribution in [1.29, 1.82) is 0 Å². The number of nitrogens with zero attached hydrogens (tertiary/aromatic N) is 2. The maximum Gasteiger partial charge on any atom is 0.341 e. The predicted molar refractivity (Wildman–Crippen MR) is 67.4 cm³/mol. The average Bonchev–Trinajstić information content (AvgIpc) is 2.37. The predicted octanol–water partition coefficient (Wildman–Crippen LogP) is 2.23. The van der Waals surface area contributed by atoms with E-state index in [1.165, 1.54) is 6.20 Å². The van der Waals surface area contributed by atoms with Crippen molar-refractivity contribution in [2.45, 2.75) is 39.7 Å². The summed E-state index contributed by atoms with van der Waals surface area (Å²) in [5.74, 6) is 0.190. The normalized spacial score (nSPS) is 14.1. The van der Waals surface area contributed by atoms with Crippen molar-refractivity contribution < 1.29 is 14.3 Å². The third-order valence-corrected chi connectivity index (χ3v) is 3.07. The third kappa shape index (κ3) is 2.85. The number of aromatic nitrogens is 2. The number of methoxy groups -OCH3 is 1. The van der Waals surface area contributed by atoms with E-state index >= 15 is 0 Å². The summed E-state index contributed by atoms with van der Waals surface area (Å²) in [6, 6.07) is 0. The molecule has 0 aromatic carbocycles. The van der Waals surface area contributed by atoms with Crippen molar-refractivity contribution in [1.82, 2.24) is 9.97 Å². The zero-order chi connectivity index (χ0) is 13.8. The molecule has 0 aliphatic heterocycles. The molecule has 5 heteroatoms. The van der Waals surface area contributed by atoms with Crippen molar-refractivity contribution in [3.8, 4) is 0 Å². The van der Waals surface area contributed by atoms with E-state index in [-0.39, 0.29) is 0 Å². The maximum absolute atomic E-state index is 11.6. The second-order valence-electron chi connectivity index (χ2n) is 4.20. The molecule has 1 rings (SSSR count). The summed E-state index contributed by atoms with van der Waals surface area (Å²) < 4.78 is 10.4. The molecule has 100 valence electrons. The van der Waals surface area contributed by atoms with Crippen LogP contribution in [0.2, 0.25) is 0 Å². The number of carbonyl (C=O) groups is 1. The van der Waals surface area contributed by atoms with Crippen LogP contribution in [0.15, 0.2) is 6.20 Å². The summed E-state index contributed by atoms with van der Waals surface area (Å²) in [7, 11) is 1.63. The second kappa shape index (κ2) is 5.91. The summed E-state index contributed by atoms with van der Waals surface area (Å²) in [5, 5.41) is 0. The molecule has 1 aromatic rings. The van der Waals surface area contributed by atoms with Crippen LogP contribution in [0.25, 0.3) is 0 Å². The number of carbonyl (C=O) groups excluding carboxylic acids is 1. The van der Waals surface area contributed by atoms with Crippen LogP contribution < -0.4 is 0 Å². The molecule has 1 aromatic heterocycles. The molecule has 5 nitrogen and oxygen atoms in total. The van der Waals surface area contributed by atoms with Crippen molar-refractivity contribution in [2.75, 3.05) is 13.7 Å². The Bertz CT molecular complexity index is 428. The van der Waals surface area contributed by atoms with E-state index in [0.29, 0.717) is 23.7 Å². The van der Waals surface area contributed by atoms with Crippen LogP contribution in [-0.4, -0.2) is 29.7 Å². The SMILES string of the molecule is CCOC(=O)c1cnc(C(C)(CC)OC)nc1C. The maximum atomic E-state index is 11.6. The van der Waals surface area contributed by atoms with Crippen LogP contribution in [0.4, 0.5) is 0 Å². The molecular weight excluding hydrogens is 232 g/mol. The number of hydrogen-bond donors (Lipinski definition) is 0. The fraction of sp³-hybridized carbons (Fsp3) is 0.615. The van der Waals surface area contributed by atoms with Crippen LogP contribution in [0.3, 0.4) is 0 Å². The summed E-state index contributed by atoms with van der Waals surface area (Å²) in [6.45, 7) is 7.79. The quantitative estimate of drug-likeness (QED) is 0.752. The Morgan fingerprint density at radius 1 is 1.44 bits per heavy atom. The summed E-state index contributed by atoms with van der Waals surface area (Å²) in [4.78, 5) is 20.2. The van der Waals surface area contributed by atoms with Gasteiger partial charge in [0, 0.05) is 13.3 Å². The molecule has 0 saturated heterocycles. The van der Waals surface area contributed by atoms with E-state index < -0.39 is 11.6 Å². The number of aryl methyl sites for hydroxylation is 1. The van der Waals surface area contributed by atoms with Gasteiger partial charge < -0.3 is 9.47 Å². The number of ether oxygens (including phenoxy) is 2. The molecule has 0 amide bonds. The Kier molecular flexibility index (Phi) is 4.78. The summed E-state index contributed by atoms with van der Waals surface area (Å²) >= 11 is 0. The molecule has 0 fully saturated rings. The minimum atomic E-state index is -0.530. The Hall–Kier alpha value is -1.49. The van der Waals surface area contributed by atoms with Crippen molar-refractivity contribution >= 4 is 5.97 Å². The Labute approximate surface area is 108 Å². The minimum Gasteiger partial charge on any atom is -0.462 e. The van der Waals surface area contributed by atoms with Crippen LogP contribution in [0.5, 0.6) is 0 Å². The third-order valence-electron chi connectivity index (χ3n) is 3.07. The standard InChI is InChI=1S/C13H20N2O3/c1-6-13(4,17-5)12-14-8-10(9(3)15-12)11(16)18-7-2/h8H,6-7H2,1-5H3. The Morgan fingerprint density at radius 3 is 2.56 bits per heavy atom. The van der Waals surface area contributed by atoms with Gasteiger partial charge in [0.05, 0.1) is 17.9 Å². The lowest BCUT2D eigenvalue weighted by Gasteiger charge is -2.25. The first-order valence-electron chi connectivity index (χ1n) is 6.04. The molecule has 1 unspecified atom stereocenters. The molecule has 0 N–H and O–H groups in total. The molecule has 1 atom stereocenters. The van der Waals surface area contributed by atoms with Crippen molar-refractivity contribution in [3.63, 3.8) is 0 Å². The van der Waals surface area contributed by atoms with Gasteiger partial charge in [-0.15, -0.1) is 0 Å². The minimum absolute atomic E-state index is 0.338. The zero-order valence-electron chi connectivity index (χ0n) is 11.6.